The standard InChI is InChI=1S/C19H18O2/c1-21-19(20)18(15-17-11-6-3-7-12-17)14-8-13-16-9-4-2-5-10-16/h2-14H,15H2,1H3/b13-8+,18-14-. The first-order chi connectivity index (χ1) is 10.3. The second-order valence-electron chi connectivity index (χ2n) is 4.62. The normalized spacial score (nSPS) is 11.6. The Labute approximate surface area is 125 Å². The van der Waals surface area contributed by atoms with Crippen LogP contribution in [0.3, 0.4) is 0 Å². The van der Waals surface area contributed by atoms with Crippen molar-refractivity contribution in [2.24, 2.45) is 0 Å². The quantitative estimate of drug-likeness (QED) is 0.468. The molecule has 2 nitrogen and oxygen atoms in total. The summed E-state index contributed by atoms with van der Waals surface area (Å²) >= 11 is 0. The molecule has 0 atom stereocenters. The summed E-state index contributed by atoms with van der Waals surface area (Å²) < 4.78 is 4.85. The molecule has 0 heterocycles. The van der Waals surface area contributed by atoms with Gasteiger partial charge >= 0.3 is 5.97 Å². The number of methoxy groups -OCH3 is 1. The van der Waals surface area contributed by atoms with Gasteiger partial charge in [0.05, 0.1) is 7.11 Å². The van der Waals surface area contributed by atoms with Gasteiger partial charge in [-0.25, -0.2) is 4.79 Å². The van der Waals surface area contributed by atoms with Crippen molar-refractivity contribution in [1.82, 2.24) is 0 Å². The van der Waals surface area contributed by atoms with E-state index in [1.54, 1.807) is 0 Å². The molecule has 0 amide bonds. The molecule has 0 saturated heterocycles. The van der Waals surface area contributed by atoms with Crippen LogP contribution in [-0.4, -0.2) is 13.1 Å². The van der Waals surface area contributed by atoms with Crippen LogP contribution in [0, 0.1) is 0 Å². The number of allylic oxidation sites excluding steroid dienone is 2. The van der Waals surface area contributed by atoms with E-state index in [1.165, 1.54) is 7.11 Å². The molecule has 0 saturated carbocycles. The summed E-state index contributed by atoms with van der Waals surface area (Å²) in [5, 5.41) is 0. The first-order valence-corrected chi connectivity index (χ1v) is 6.84. The average molecular weight is 278 g/mol. The van der Waals surface area contributed by atoms with E-state index in [0.29, 0.717) is 12.0 Å². The number of rotatable bonds is 5. The largest absolute Gasteiger partial charge is 0.466 e. The fourth-order valence-corrected chi connectivity index (χ4v) is 1.99. The zero-order valence-corrected chi connectivity index (χ0v) is 12.0. The molecule has 0 unspecified atom stereocenters. The summed E-state index contributed by atoms with van der Waals surface area (Å²) in [4.78, 5) is 11.8. The zero-order valence-electron chi connectivity index (χ0n) is 12.0. The van der Waals surface area contributed by atoms with Gasteiger partial charge < -0.3 is 4.74 Å². The minimum absolute atomic E-state index is 0.295. The molecule has 0 N–H and O–H groups in total. The van der Waals surface area contributed by atoms with E-state index >= 15 is 0 Å². The van der Waals surface area contributed by atoms with Crippen LogP contribution in [0.4, 0.5) is 0 Å². The van der Waals surface area contributed by atoms with E-state index in [0.717, 1.165) is 11.1 Å². The first kappa shape index (κ1) is 14.8. The lowest BCUT2D eigenvalue weighted by molar-refractivity contribution is -0.136. The highest BCUT2D eigenvalue weighted by Gasteiger charge is 2.09. The Bertz CT molecular complexity index is 625. The number of hydrogen-bond donors (Lipinski definition) is 0. The third-order valence-electron chi connectivity index (χ3n) is 3.07. The molecule has 2 rings (SSSR count). The van der Waals surface area contributed by atoms with Gasteiger partial charge in [0.2, 0.25) is 0 Å². The van der Waals surface area contributed by atoms with Crippen molar-refractivity contribution in [3.63, 3.8) is 0 Å². The van der Waals surface area contributed by atoms with Gasteiger partial charge in [0.1, 0.15) is 0 Å². The lowest BCUT2D eigenvalue weighted by Crippen LogP contribution is -2.07. The molecule has 2 aromatic carbocycles. The molecular formula is C19H18O2. The molecule has 0 aliphatic heterocycles. The lowest BCUT2D eigenvalue weighted by atomic mass is 10.0. The van der Waals surface area contributed by atoms with Gasteiger partial charge in [-0.05, 0) is 11.1 Å². The van der Waals surface area contributed by atoms with Crippen LogP contribution in [0.2, 0.25) is 0 Å². The average Bonchev–Trinajstić information content (AvgIpc) is 2.55. The van der Waals surface area contributed by atoms with Gasteiger partial charge in [-0.3, -0.25) is 0 Å². The van der Waals surface area contributed by atoms with E-state index in [-0.39, 0.29) is 5.97 Å². The van der Waals surface area contributed by atoms with Crippen molar-refractivity contribution in [2.75, 3.05) is 7.11 Å². The number of carbonyl (C=O) groups is 1. The smallest absolute Gasteiger partial charge is 0.334 e. The minimum Gasteiger partial charge on any atom is -0.466 e. The van der Waals surface area contributed by atoms with Gasteiger partial charge in [0, 0.05) is 12.0 Å². The first-order valence-electron chi connectivity index (χ1n) is 6.84. The third kappa shape index (κ3) is 4.77. The predicted octanol–water partition coefficient (Wildman–Crippen LogP) is 4.04. The third-order valence-corrected chi connectivity index (χ3v) is 3.07. The Morgan fingerprint density at radius 1 is 1.00 bits per heavy atom. The van der Waals surface area contributed by atoms with Gasteiger partial charge in [0.15, 0.2) is 0 Å². The van der Waals surface area contributed by atoms with Crippen molar-refractivity contribution in [2.45, 2.75) is 6.42 Å². The van der Waals surface area contributed by atoms with E-state index in [4.69, 9.17) is 4.74 Å². The van der Waals surface area contributed by atoms with Crippen LogP contribution in [0.1, 0.15) is 11.1 Å². The van der Waals surface area contributed by atoms with E-state index in [9.17, 15) is 4.79 Å². The number of hydrogen-bond acceptors (Lipinski definition) is 2. The number of benzene rings is 2. The van der Waals surface area contributed by atoms with Gasteiger partial charge in [0.25, 0.3) is 0 Å². The molecule has 0 aliphatic carbocycles. The molecule has 0 radical (unpaired) electrons. The molecule has 2 aromatic rings. The Kier molecular flexibility index (Phi) is 5.53. The Morgan fingerprint density at radius 3 is 2.24 bits per heavy atom. The molecule has 0 aliphatic rings. The summed E-state index contributed by atoms with van der Waals surface area (Å²) in [7, 11) is 1.40. The molecule has 0 fully saturated rings. The van der Waals surface area contributed by atoms with Crippen LogP contribution in [0.15, 0.2) is 78.4 Å². The highest BCUT2D eigenvalue weighted by molar-refractivity contribution is 5.89. The van der Waals surface area contributed by atoms with Crippen LogP contribution < -0.4 is 0 Å². The minimum atomic E-state index is -0.295. The Balaban J connectivity index is 2.14. The van der Waals surface area contributed by atoms with Gasteiger partial charge in [-0.2, -0.15) is 0 Å². The van der Waals surface area contributed by atoms with Crippen LogP contribution in [0.25, 0.3) is 6.08 Å². The highest BCUT2D eigenvalue weighted by Crippen LogP contribution is 2.10. The number of esters is 1. The fourth-order valence-electron chi connectivity index (χ4n) is 1.99. The maximum absolute atomic E-state index is 11.8. The predicted molar refractivity (Wildman–Crippen MR) is 85.7 cm³/mol. The van der Waals surface area contributed by atoms with E-state index in [1.807, 2.05) is 78.9 Å². The molecule has 0 aromatic heterocycles. The maximum Gasteiger partial charge on any atom is 0.334 e. The Morgan fingerprint density at radius 2 is 1.62 bits per heavy atom. The molecule has 2 heteroatoms. The maximum atomic E-state index is 11.8. The highest BCUT2D eigenvalue weighted by atomic mass is 16.5. The second-order valence-corrected chi connectivity index (χ2v) is 4.62. The Hall–Kier alpha value is -2.61. The lowest BCUT2D eigenvalue weighted by Gasteiger charge is -2.04. The monoisotopic (exact) mass is 278 g/mol. The molecular weight excluding hydrogens is 260 g/mol. The second kappa shape index (κ2) is 7.85. The van der Waals surface area contributed by atoms with Crippen molar-refractivity contribution in [3.05, 3.63) is 89.5 Å². The van der Waals surface area contributed by atoms with Crippen molar-refractivity contribution >= 4 is 12.0 Å². The van der Waals surface area contributed by atoms with E-state index < -0.39 is 0 Å². The van der Waals surface area contributed by atoms with Crippen molar-refractivity contribution in [1.29, 1.82) is 0 Å². The van der Waals surface area contributed by atoms with Crippen molar-refractivity contribution < 1.29 is 9.53 Å². The SMILES string of the molecule is COC(=O)/C(=C\C=C\c1ccccc1)Cc1ccccc1. The summed E-state index contributed by atoms with van der Waals surface area (Å²) in [5.41, 5.74) is 2.82. The van der Waals surface area contributed by atoms with Gasteiger partial charge in [-0.15, -0.1) is 0 Å². The van der Waals surface area contributed by atoms with Crippen molar-refractivity contribution in [3.8, 4) is 0 Å². The fraction of sp³-hybridized carbons (Fsp3) is 0.105. The summed E-state index contributed by atoms with van der Waals surface area (Å²) in [6.45, 7) is 0. The molecule has 0 spiro atoms. The topological polar surface area (TPSA) is 26.3 Å². The molecule has 0 bridgehead atoms. The van der Waals surface area contributed by atoms with Crippen LogP contribution >= 0.6 is 0 Å². The molecule has 106 valence electrons. The summed E-state index contributed by atoms with van der Waals surface area (Å²) in [5.74, 6) is -0.295. The van der Waals surface area contributed by atoms with Crippen LogP contribution in [0.5, 0.6) is 0 Å². The molecule has 21 heavy (non-hydrogen) atoms. The van der Waals surface area contributed by atoms with Gasteiger partial charge in [-0.1, -0.05) is 78.9 Å². The number of ether oxygens (including phenoxy) is 1. The summed E-state index contributed by atoms with van der Waals surface area (Å²) in [6.07, 6.45) is 6.22. The number of carbonyl (C=O) groups excluding carboxylic acids is 1. The van der Waals surface area contributed by atoms with E-state index in [2.05, 4.69) is 0 Å². The summed E-state index contributed by atoms with van der Waals surface area (Å²) in [6, 6.07) is 19.8. The van der Waals surface area contributed by atoms with Crippen LogP contribution in [-0.2, 0) is 16.0 Å². The zero-order chi connectivity index (χ0) is 14.9.